The summed E-state index contributed by atoms with van der Waals surface area (Å²) in [5.41, 5.74) is 1.34. The van der Waals surface area contributed by atoms with Gasteiger partial charge in [-0.2, -0.15) is 0 Å². The topological polar surface area (TPSA) is 39.7 Å². The van der Waals surface area contributed by atoms with E-state index in [1.54, 1.807) is 0 Å². The lowest BCUT2D eigenvalue weighted by molar-refractivity contribution is 0.563. The number of rotatable bonds is 8. The largest absolute Gasteiger partial charge is 0.371 e. The molecule has 4 nitrogen and oxygen atoms in total. The molecule has 2 rings (SSSR count). The van der Waals surface area contributed by atoms with Crippen LogP contribution in [0.2, 0.25) is 0 Å². The number of halogens is 1. The third kappa shape index (κ3) is 7.28. The van der Waals surface area contributed by atoms with Crippen LogP contribution in [0.4, 0.5) is 5.69 Å². The Hall–Kier alpha value is -0.980. The molecule has 1 saturated heterocycles. The Balaban J connectivity index is 0.00000288. The molecule has 136 valence electrons. The molecule has 2 N–H and O–H groups in total. The molecule has 1 fully saturated rings. The number of unbranched alkanes of at least 4 members (excludes halogenated alkanes) is 3. The summed E-state index contributed by atoms with van der Waals surface area (Å²) in [5.74, 6) is 1.63. The van der Waals surface area contributed by atoms with Crippen molar-refractivity contribution in [3.63, 3.8) is 0 Å². The van der Waals surface area contributed by atoms with Crippen molar-refractivity contribution in [3.8, 4) is 0 Å². The van der Waals surface area contributed by atoms with Crippen molar-refractivity contribution in [2.75, 3.05) is 38.1 Å². The van der Waals surface area contributed by atoms with Crippen molar-refractivity contribution in [3.05, 3.63) is 30.3 Å². The first-order valence-electron chi connectivity index (χ1n) is 9.08. The van der Waals surface area contributed by atoms with Gasteiger partial charge >= 0.3 is 0 Å². The fraction of sp³-hybridized carbons (Fsp3) is 0.632. The van der Waals surface area contributed by atoms with Crippen LogP contribution in [0.3, 0.4) is 0 Å². The lowest BCUT2D eigenvalue weighted by Crippen LogP contribution is -2.40. The Morgan fingerprint density at radius 1 is 1.17 bits per heavy atom. The van der Waals surface area contributed by atoms with Crippen LogP contribution in [-0.4, -0.2) is 39.2 Å². The van der Waals surface area contributed by atoms with E-state index in [1.807, 2.05) is 7.05 Å². The average molecular weight is 444 g/mol. The number of guanidine groups is 1. The van der Waals surface area contributed by atoms with E-state index in [0.717, 1.165) is 32.1 Å². The third-order valence-electron chi connectivity index (χ3n) is 4.51. The second-order valence-electron chi connectivity index (χ2n) is 6.38. The van der Waals surface area contributed by atoms with Gasteiger partial charge in [-0.05, 0) is 30.9 Å². The number of nitrogens with zero attached hydrogens (tertiary/aromatic N) is 2. The molecule has 0 amide bonds. The first kappa shape index (κ1) is 21.1. The molecule has 24 heavy (non-hydrogen) atoms. The van der Waals surface area contributed by atoms with E-state index in [1.165, 1.54) is 37.8 Å². The van der Waals surface area contributed by atoms with Gasteiger partial charge in [-0.1, -0.05) is 44.4 Å². The van der Waals surface area contributed by atoms with E-state index in [4.69, 9.17) is 0 Å². The van der Waals surface area contributed by atoms with Gasteiger partial charge in [0.05, 0.1) is 0 Å². The van der Waals surface area contributed by atoms with E-state index < -0.39 is 0 Å². The predicted molar refractivity (Wildman–Crippen MR) is 116 cm³/mol. The van der Waals surface area contributed by atoms with Crippen molar-refractivity contribution in [1.82, 2.24) is 10.6 Å². The van der Waals surface area contributed by atoms with Crippen LogP contribution in [0.15, 0.2) is 35.3 Å². The summed E-state index contributed by atoms with van der Waals surface area (Å²) in [7, 11) is 1.85. The van der Waals surface area contributed by atoms with Gasteiger partial charge in [0.1, 0.15) is 0 Å². The standard InChI is InChI=1S/C19H32N4.HI/c1-3-4-5-9-13-21-19(20-2)22-15-17-12-14-23(16-17)18-10-7-6-8-11-18;/h6-8,10-11,17H,3-5,9,12-16H2,1-2H3,(H2,20,21,22);1H. The van der Waals surface area contributed by atoms with Gasteiger partial charge in [0.15, 0.2) is 5.96 Å². The van der Waals surface area contributed by atoms with Crippen molar-refractivity contribution >= 4 is 35.6 Å². The molecule has 1 aromatic carbocycles. The zero-order valence-electron chi connectivity index (χ0n) is 15.1. The molecule has 1 atom stereocenters. The van der Waals surface area contributed by atoms with Crippen LogP contribution >= 0.6 is 24.0 Å². The summed E-state index contributed by atoms with van der Waals surface area (Å²) in [6, 6.07) is 10.7. The molecule has 1 aliphatic heterocycles. The minimum atomic E-state index is 0. The van der Waals surface area contributed by atoms with Crippen LogP contribution in [0, 0.1) is 5.92 Å². The Kier molecular flexibility index (Phi) is 10.9. The minimum absolute atomic E-state index is 0. The van der Waals surface area contributed by atoms with Gasteiger partial charge in [-0.25, -0.2) is 0 Å². The highest BCUT2D eigenvalue weighted by Gasteiger charge is 2.22. The van der Waals surface area contributed by atoms with Crippen molar-refractivity contribution in [2.45, 2.75) is 39.0 Å². The number of hydrogen-bond acceptors (Lipinski definition) is 2. The van der Waals surface area contributed by atoms with E-state index in [-0.39, 0.29) is 24.0 Å². The van der Waals surface area contributed by atoms with E-state index in [9.17, 15) is 0 Å². The number of aliphatic imine (C=N–C) groups is 1. The molecule has 0 radical (unpaired) electrons. The number of nitrogens with one attached hydrogen (secondary N) is 2. The van der Waals surface area contributed by atoms with E-state index >= 15 is 0 Å². The Labute approximate surface area is 164 Å². The third-order valence-corrected chi connectivity index (χ3v) is 4.51. The summed E-state index contributed by atoms with van der Waals surface area (Å²) >= 11 is 0. The molecule has 0 saturated carbocycles. The van der Waals surface area contributed by atoms with Crippen LogP contribution in [0.1, 0.15) is 39.0 Å². The first-order valence-corrected chi connectivity index (χ1v) is 9.08. The number of para-hydroxylation sites is 1. The molecule has 0 spiro atoms. The van der Waals surface area contributed by atoms with E-state index in [0.29, 0.717) is 5.92 Å². The molecular weight excluding hydrogens is 411 g/mol. The molecule has 5 heteroatoms. The lowest BCUT2D eigenvalue weighted by atomic mass is 10.1. The highest BCUT2D eigenvalue weighted by molar-refractivity contribution is 14.0. The Morgan fingerprint density at radius 3 is 2.67 bits per heavy atom. The summed E-state index contributed by atoms with van der Waals surface area (Å²) in [5, 5.41) is 6.91. The Bertz CT molecular complexity index is 464. The molecule has 0 bridgehead atoms. The zero-order chi connectivity index (χ0) is 16.3. The second-order valence-corrected chi connectivity index (χ2v) is 6.38. The highest BCUT2D eigenvalue weighted by Crippen LogP contribution is 2.22. The summed E-state index contributed by atoms with van der Waals surface area (Å²) in [4.78, 5) is 6.80. The van der Waals surface area contributed by atoms with Gasteiger partial charge in [0.25, 0.3) is 0 Å². The second kappa shape index (κ2) is 12.4. The van der Waals surface area contributed by atoms with Gasteiger partial charge < -0.3 is 15.5 Å². The fourth-order valence-electron chi connectivity index (χ4n) is 3.09. The van der Waals surface area contributed by atoms with Crippen LogP contribution in [0.5, 0.6) is 0 Å². The van der Waals surface area contributed by atoms with Gasteiger partial charge in [-0.3, -0.25) is 4.99 Å². The average Bonchev–Trinajstić information content (AvgIpc) is 3.07. The van der Waals surface area contributed by atoms with Crippen molar-refractivity contribution in [2.24, 2.45) is 10.9 Å². The number of hydrogen-bond donors (Lipinski definition) is 2. The molecule has 1 heterocycles. The van der Waals surface area contributed by atoms with Gasteiger partial charge in [0, 0.05) is 38.9 Å². The van der Waals surface area contributed by atoms with Crippen LogP contribution in [0.25, 0.3) is 0 Å². The van der Waals surface area contributed by atoms with Crippen molar-refractivity contribution in [1.29, 1.82) is 0 Å². The molecular formula is C19H33IN4. The lowest BCUT2D eigenvalue weighted by Gasteiger charge is -2.19. The van der Waals surface area contributed by atoms with Gasteiger partial charge in [0.2, 0.25) is 0 Å². The molecule has 0 aromatic heterocycles. The van der Waals surface area contributed by atoms with Crippen LogP contribution < -0.4 is 15.5 Å². The van der Waals surface area contributed by atoms with Crippen molar-refractivity contribution < 1.29 is 0 Å². The molecule has 0 aliphatic carbocycles. The maximum atomic E-state index is 4.32. The predicted octanol–water partition coefficient (Wildman–Crippen LogP) is 3.88. The van der Waals surface area contributed by atoms with E-state index in [2.05, 4.69) is 57.8 Å². The fourth-order valence-corrected chi connectivity index (χ4v) is 3.09. The smallest absolute Gasteiger partial charge is 0.190 e. The summed E-state index contributed by atoms with van der Waals surface area (Å²) < 4.78 is 0. The normalized spacial score (nSPS) is 17.5. The quantitative estimate of drug-likeness (QED) is 0.277. The first-order chi connectivity index (χ1) is 11.3. The molecule has 1 unspecified atom stereocenters. The molecule has 1 aliphatic rings. The maximum absolute atomic E-state index is 4.32. The highest BCUT2D eigenvalue weighted by atomic mass is 127. The summed E-state index contributed by atoms with van der Waals surface area (Å²) in [6.45, 7) is 6.54. The van der Waals surface area contributed by atoms with Crippen LogP contribution in [-0.2, 0) is 0 Å². The number of anilines is 1. The number of benzene rings is 1. The monoisotopic (exact) mass is 444 g/mol. The SMILES string of the molecule is CCCCCCNC(=NC)NCC1CCN(c2ccccc2)C1.I. The minimum Gasteiger partial charge on any atom is -0.371 e. The molecule has 1 aromatic rings. The maximum Gasteiger partial charge on any atom is 0.190 e. The zero-order valence-corrected chi connectivity index (χ0v) is 17.5. The van der Waals surface area contributed by atoms with Gasteiger partial charge in [-0.15, -0.1) is 24.0 Å². The Morgan fingerprint density at radius 2 is 1.96 bits per heavy atom. The summed E-state index contributed by atoms with van der Waals surface area (Å²) in [6.07, 6.45) is 6.38.